The molecule has 0 saturated carbocycles. The summed E-state index contributed by atoms with van der Waals surface area (Å²) >= 11 is 6.53. The zero-order valence-electron chi connectivity index (χ0n) is 23.4. The Labute approximate surface area is 246 Å². The Hall–Kier alpha value is -3.07. The Bertz CT molecular complexity index is 1310. The average molecular weight is 580 g/mol. The SMILES string of the molecule is O=C(Cc1ccc(CCN2CCOCC2)c(Cl)c1)NCc1ccc2c(c1)CCC(CCC1CCC(=O)NC1=O)C2=O. The normalized spacial score (nSPS) is 21.3. The van der Waals surface area contributed by atoms with Gasteiger partial charge in [-0.2, -0.15) is 0 Å². The molecule has 2 atom stereocenters. The summed E-state index contributed by atoms with van der Waals surface area (Å²) in [6, 6.07) is 11.7. The molecular formula is C32H38ClN3O5. The molecule has 218 valence electrons. The number of rotatable bonds is 10. The summed E-state index contributed by atoms with van der Waals surface area (Å²) in [5, 5.41) is 6.09. The number of fused-ring (bicyclic) bond motifs is 1. The number of imide groups is 1. The first-order valence-corrected chi connectivity index (χ1v) is 15.1. The van der Waals surface area contributed by atoms with Crippen molar-refractivity contribution in [2.75, 3.05) is 32.8 Å². The summed E-state index contributed by atoms with van der Waals surface area (Å²) in [5.41, 5.74) is 4.68. The highest BCUT2D eigenvalue weighted by atomic mass is 35.5. The molecule has 2 unspecified atom stereocenters. The van der Waals surface area contributed by atoms with Gasteiger partial charge in [-0.15, -0.1) is 0 Å². The van der Waals surface area contributed by atoms with Crippen LogP contribution in [0.2, 0.25) is 5.02 Å². The Morgan fingerprint density at radius 3 is 2.51 bits per heavy atom. The predicted molar refractivity (Wildman–Crippen MR) is 156 cm³/mol. The molecule has 2 heterocycles. The monoisotopic (exact) mass is 579 g/mol. The second-order valence-corrected chi connectivity index (χ2v) is 11.8. The fourth-order valence-corrected chi connectivity index (χ4v) is 6.33. The molecule has 2 N–H and O–H groups in total. The quantitative estimate of drug-likeness (QED) is 0.416. The number of hydrogen-bond acceptors (Lipinski definition) is 6. The zero-order chi connectivity index (χ0) is 28.8. The summed E-state index contributed by atoms with van der Waals surface area (Å²) in [6.45, 7) is 4.79. The van der Waals surface area contributed by atoms with Gasteiger partial charge in [-0.05, 0) is 66.8 Å². The van der Waals surface area contributed by atoms with Crippen molar-refractivity contribution >= 4 is 35.1 Å². The topological polar surface area (TPSA) is 105 Å². The molecule has 2 saturated heterocycles. The number of benzene rings is 2. The second-order valence-electron chi connectivity index (χ2n) is 11.4. The van der Waals surface area contributed by atoms with Gasteiger partial charge < -0.3 is 10.1 Å². The fourth-order valence-electron chi connectivity index (χ4n) is 6.03. The molecule has 1 aliphatic carbocycles. The number of hydrogen-bond donors (Lipinski definition) is 2. The number of piperidine rings is 1. The van der Waals surface area contributed by atoms with E-state index < -0.39 is 0 Å². The molecule has 8 nitrogen and oxygen atoms in total. The molecule has 3 aliphatic rings. The highest BCUT2D eigenvalue weighted by Crippen LogP contribution is 2.31. The first-order valence-electron chi connectivity index (χ1n) is 14.7. The van der Waals surface area contributed by atoms with Crippen molar-refractivity contribution < 1.29 is 23.9 Å². The number of morpholine rings is 1. The maximum atomic E-state index is 13.1. The minimum absolute atomic E-state index is 0.0792. The molecular weight excluding hydrogens is 542 g/mol. The third-order valence-electron chi connectivity index (χ3n) is 8.56. The molecule has 2 aliphatic heterocycles. The van der Waals surface area contributed by atoms with E-state index in [2.05, 4.69) is 15.5 Å². The van der Waals surface area contributed by atoms with Crippen molar-refractivity contribution in [2.24, 2.45) is 11.8 Å². The number of Topliss-reactive ketones (excluding diaryl/α,β-unsaturated/α-hetero) is 1. The van der Waals surface area contributed by atoms with Gasteiger partial charge in [-0.25, -0.2) is 0 Å². The van der Waals surface area contributed by atoms with Crippen molar-refractivity contribution in [3.63, 3.8) is 0 Å². The highest BCUT2D eigenvalue weighted by molar-refractivity contribution is 6.31. The molecule has 2 fully saturated rings. The van der Waals surface area contributed by atoms with Gasteiger partial charge in [0, 0.05) is 55.0 Å². The summed E-state index contributed by atoms with van der Waals surface area (Å²) in [7, 11) is 0. The van der Waals surface area contributed by atoms with E-state index in [1.165, 1.54) is 0 Å². The van der Waals surface area contributed by atoms with E-state index >= 15 is 0 Å². The number of aryl methyl sites for hydroxylation is 1. The molecule has 0 aromatic heterocycles. The lowest BCUT2D eigenvalue weighted by Crippen LogP contribution is -2.41. The number of amides is 3. The maximum Gasteiger partial charge on any atom is 0.229 e. The Morgan fingerprint density at radius 2 is 1.73 bits per heavy atom. The van der Waals surface area contributed by atoms with Gasteiger partial charge in [0.05, 0.1) is 19.6 Å². The van der Waals surface area contributed by atoms with Crippen LogP contribution < -0.4 is 10.6 Å². The van der Waals surface area contributed by atoms with Crippen LogP contribution in [-0.2, 0) is 44.9 Å². The van der Waals surface area contributed by atoms with Crippen LogP contribution in [0.15, 0.2) is 36.4 Å². The standard InChI is InChI=1S/C32H38ClN3O5/c33-28-18-21(1-3-23(28)11-12-36-13-15-41-16-14-36)19-30(38)34-20-22-2-9-27-26(17-22)7-5-24(31(27)39)4-6-25-8-10-29(37)35-32(25)40/h1-3,9,17-18,24-25H,4-8,10-16,19-20H2,(H,34,38)(H,35,37,40). The van der Waals surface area contributed by atoms with E-state index in [0.717, 1.165) is 79.9 Å². The van der Waals surface area contributed by atoms with E-state index in [0.29, 0.717) is 37.3 Å². The van der Waals surface area contributed by atoms with Crippen molar-refractivity contribution in [3.05, 3.63) is 69.2 Å². The van der Waals surface area contributed by atoms with Crippen LogP contribution >= 0.6 is 11.6 Å². The Kier molecular flexibility index (Phi) is 9.85. The molecule has 0 spiro atoms. The maximum absolute atomic E-state index is 13.1. The van der Waals surface area contributed by atoms with Crippen molar-refractivity contribution in [1.29, 1.82) is 0 Å². The summed E-state index contributed by atoms with van der Waals surface area (Å²) in [6.07, 6.45) is 4.86. The molecule has 41 heavy (non-hydrogen) atoms. The summed E-state index contributed by atoms with van der Waals surface area (Å²) in [4.78, 5) is 51.6. The molecule has 0 bridgehead atoms. The van der Waals surface area contributed by atoms with E-state index in [-0.39, 0.29) is 41.8 Å². The first-order chi connectivity index (χ1) is 19.9. The lowest BCUT2D eigenvalue weighted by atomic mass is 9.78. The van der Waals surface area contributed by atoms with E-state index in [9.17, 15) is 19.2 Å². The average Bonchev–Trinajstić information content (AvgIpc) is 2.96. The van der Waals surface area contributed by atoms with Crippen molar-refractivity contribution in [3.8, 4) is 0 Å². The van der Waals surface area contributed by atoms with Crippen molar-refractivity contribution in [1.82, 2.24) is 15.5 Å². The van der Waals surface area contributed by atoms with Crippen LogP contribution in [0.3, 0.4) is 0 Å². The lowest BCUT2D eigenvalue weighted by Gasteiger charge is -2.26. The number of ether oxygens (including phenoxy) is 1. The first kappa shape index (κ1) is 29.4. The smallest absolute Gasteiger partial charge is 0.229 e. The molecule has 9 heteroatoms. The summed E-state index contributed by atoms with van der Waals surface area (Å²) in [5.74, 6) is -0.673. The lowest BCUT2D eigenvalue weighted by molar-refractivity contribution is -0.136. The largest absolute Gasteiger partial charge is 0.379 e. The summed E-state index contributed by atoms with van der Waals surface area (Å²) < 4.78 is 5.40. The van der Waals surface area contributed by atoms with Crippen molar-refractivity contribution in [2.45, 2.75) is 57.9 Å². The molecule has 5 rings (SSSR count). The predicted octanol–water partition coefficient (Wildman–Crippen LogP) is 3.65. The zero-order valence-corrected chi connectivity index (χ0v) is 24.1. The van der Waals surface area contributed by atoms with Crippen LogP contribution in [0.1, 0.15) is 64.7 Å². The number of nitrogens with zero attached hydrogens (tertiary/aromatic N) is 1. The third-order valence-corrected chi connectivity index (χ3v) is 8.91. The number of ketones is 1. The number of carbonyl (C=O) groups excluding carboxylic acids is 4. The van der Waals surface area contributed by atoms with Crippen LogP contribution in [0.25, 0.3) is 0 Å². The second kappa shape index (κ2) is 13.7. The minimum atomic E-state index is -0.213. The van der Waals surface area contributed by atoms with Gasteiger partial charge >= 0.3 is 0 Å². The van der Waals surface area contributed by atoms with Gasteiger partial charge in [0.1, 0.15) is 0 Å². The van der Waals surface area contributed by atoms with Crippen LogP contribution in [-0.4, -0.2) is 61.3 Å². The van der Waals surface area contributed by atoms with Gasteiger partial charge in [0.25, 0.3) is 0 Å². The van der Waals surface area contributed by atoms with Gasteiger partial charge in [-0.3, -0.25) is 29.4 Å². The number of carbonyl (C=O) groups is 4. The van der Waals surface area contributed by atoms with Crippen LogP contribution in [0.4, 0.5) is 0 Å². The Balaban J connectivity index is 1.08. The highest BCUT2D eigenvalue weighted by Gasteiger charge is 2.31. The Morgan fingerprint density at radius 1 is 0.976 bits per heavy atom. The van der Waals surface area contributed by atoms with E-state index in [1.54, 1.807) is 0 Å². The van der Waals surface area contributed by atoms with Crippen LogP contribution in [0.5, 0.6) is 0 Å². The van der Waals surface area contributed by atoms with Crippen LogP contribution in [0, 0.1) is 11.8 Å². The molecule has 2 aromatic carbocycles. The molecule has 3 amide bonds. The van der Waals surface area contributed by atoms with E-state index in [1.807, 2.05) is 36.4 Å². The van der Waals surface area contributed by atoms with Gasteiger partial charge in [-0.1, -0.05) is 41.9 Å². The minimum Gasteiger partial charge on any atom is -0.379 e. The van der Waals surface area contributed by atoms with Gasteiger partial charge in [0.15, 0.2) is 5.78 Å². The number of nitrogens with one attached hydrogen (secondary N) is 2. The number of halogens is 1. The van der Waals surface area contributed by atoms with Gasteiger partial charge in [0.2, 0.25) is 17.7 Å². The van der Waals surface area contributed by atoms with E-state index in [4.69, 9.17) is 16.3 Å². The molecule has 2 aromatic rings. The fraction of sp³-hybridized carbons (Fsp3) is 0.500. The third kappa shape index (κ3) is 7.82. The molecule has 0 radical (unpaired) electrons.